The maximum absolute atomic E-state index is 12.1. The van der Waals surface area contributed by atoms with E-state index in [1.165, 1.54) is 18.4 Å². The quantitative estimate of drug-likeness (QED) is 0.351. The van der Waals surface area contributed by atoms with Crippen molar-refractivity contribution in [2.45, 2.75) is 32.1 Å². The minimum Gasteiger partial charge on any atom is -0.493 e. The van der Waals surface area contributed by atoms with E-state index in [0.717, 1.165) is 23.1 Å². The number of urea groups is 1. The summed E-state index contributed by atoms with van der Waals surface area (Å²) in [5.41, 5.74) is 7.98. The lowest BCUT2D eigenvalue weighted by atomic mass is 10.1. The molecule has 9 nitrogen and oxygen atoms in total. The highest BCUT2D eigenvalue weighted by molar-refractivity contribution is 7.90. The fraction of sp³-hybridized carbons (Fsp3) is 0.381. The normalized spacial score (nSPS) is 12.0. The van der Waals surface area contributed by atoms with Gasteiger partial charge in [-0.3, -0.25) is 10.9 Å². The topological polar surface area (TPSA) is 123 Å². The molecule has 0 heterocycles. The third kappa shape index (κ3) is 7.72. The number of hydrogen-bond donors (Lipinski definition) is 3. The molecule has 0 aliphatic heterocycles. The van der Waals surface area contributed by atoms with E-state index in [0.29, 0.717) is 25.1 Å². The maximum atomic E-state index is 12.1. The van der Waals surface area contributed by atoms with Gasteiger partial charge >= 0.3 is 6.03 Å². The molecule has 0 aromatic heterocycles. The molecule has 0 saturated heterocycles. The Kier molecular flexibility index (Phi) is 8.90. The van der Waals surface area contributed by atoms with Crippen LogP contribution in [0.2, 0.25) is 0 Å². The number of benzene rings is 2. The second kappa shape index (κ2) is 11.2. The molecule has 32 heavy (non-hydrogen) atoms. The zero-order chi connectivity index (χ0) is 23.9. The molecular formula is C21H29N3O6S2. The zero-order valence-electron chi connectivity index (χ0n) is 18.8. The average Bonchev–Trinajstić information content (AvgIpc) is 2.68. The van der Waals surface area contributed by atoms with E-state index in [4.69, 9.17) is 8.92 Å². The Morgan fingerprint density at radius 2 is 1.75 bits per heavy atom. The van der Waals surface area contributed by atoms with E-state index in [1.807, 2.05) is 32.0 Å². The minimum absolute atomic E-state index is 0.0919. The molecule has 0 spiro atoms. The highest BCUT2D eigenvalue weighted by Gasteiger charge is 2.18. The number of carbonyl (C=O) groups excluding carboxylic acids is 1. The molecular weight excluding hydrogens is 454 g/mol. The first kappa shape index (κ1) is 25.5. The summed E-state index contributed by atoms with van der Waals surface area (Å²) in [6.45, 7) is 6.48. The van der Waals surface area contributed by atoms with Crippen LogP contribution in [0.5, 0.6) is 11.5 Å². The summed E-state index contributed by atoms with van der Waals surface area (Å²) in [6, 6.07) is 8.19. The van der Waals surface area contributed by atoms with Gasteiger partial charge in [0.05, 0.1) is 17.2 Å². The van der Waals surface area contributed by atoms with E-state index in [1.54, 1.807) is 6.92 Å². The zero-order valence-corrected chi connectivity index (χ0v) is 20.4. The van der Waals surface area contributed by atoms with Crippen molar-refractivity contribution in [2.75, 3.05) is 31.1 Å². The number of nitrogens with one attached hydrogen (secondary N) is 3. The number of aryl methyl sites for hydroxylation is 3. The van der Waals surface area contributed by atoms with Gasteiger partial charge < -0.3 is 14.2 Å². The summed E-state index contributed by atoms with van der Waals surface area (Å²) in [4.78, 5) is 12.0. The molecule has 0 fully saturated rings. The molecule has 1 atom stereocenters. The van der Waals surface area contributed by atoms with Crippen molar-refractivity contribution in [2.24, 2.45) is 0 Å². The number of amides is 2. The third-order valence-corrected chi connectivity index (χ3v) is 5.94. The second-order valence-electron chi connectivity index (χ2n) is 7.35. The van der Waals surface area contributed by atoms with Gasteiger partial charge in [0.15, 0.2) is 9.84 Å². The van der Waals surface area contributed by atoms with Crippen LogP contribution in [0.25, 0.3) is 0 Å². The van der Waals surface area contributed by atoms with Crippen molar-refractivity contribution in [1.29, 1.82) is 0 Å². The van der Waals surface area contributed by atoms with Gasteiger partial charge in [-0.1, -0.05) is 17.7 Å². The van der Waals surface area contributed by atoms with Crippen LogP contribution in [-0.4, -0.2) is 44.3 Å². The molecule has 2 aromatic carbocycles. The Morgan fingerprint density at radius 1 is 1.06 bits per heavy atom. The van der Waals surface area contributed by atoms with Gasteiger partial charge in [0.1, 0.15) is 11.5 Å². The molecule has 176 valence electrons. The molecule has 2 amide bonds. The third-order valence-electron chi connectivity index (χ3n) is 4.39. The van der Waals surface area contributed by atoms with Crippen LogP contribution in [-0.2, 0) is 20.9 Å². The van der Waals surface area contributed by atoms with Crippen LogP contribution in [0, 0.1) is 20.8 Å². The van der Waals surface area contributed by atoms with Crippen LogP contribution >= 0.6 is 0 Å². The first-order chi connectivity index (χ1) is 15.0. The van der Waals surface area contributed by atoms with Gasteiger partial charge in [0.2, 0.25) is 11.1 Å². The Balaban J connectivity index is 1.87. The molecule has 11 heteroatoms. The Labute approximate surface area is 191 Å². The predicted octanol–water partition coefficient (Wildman–Crippen LogP) is 2.78. The number of ether oxygens (including phenoxy) is 1. The second-order valence-corrected chi connectivity index (χ2v) is 10.3. The van der Waals surface area contributed by atoms with E-state index in [9.17, 15) is 17.4 Å². The molecule has 2 rings (SSSR count). The van der Waals surface area contributed by atoms with Gasteiger partial charge in [-0.15, -0.1) is 0 Å². The standard InChI is InChI=1S/C21H29N3O6S2/c1-14-7-8-18(15(2)11-14)29-10-6-9-22-21(25)24-23-17-12-16(3)19(30-31(4)26)13-20(17)32(5,27)28/h7-8,11-13,23H,6,9-10H2,1-5H3,(H2,22,24,25). The van der Waals surface area contributed by atoms with Crippen LogP contribution in [0.3, 0.4) is 0 Å². The van der Waals surface area contributed by atoms with E-state index in [-0.39, 0.29) is 16.3 Å². The number of carbonyl (C=O) groups is 1. The summed E-state index contributed by atoms with van der Waals surface area (Å²) in [5, 5.41) is 2.67. The van der Waals surface area contributed by atoms with Crippen molar-refractivity contribution in [3.05, 3.63) is 47.0 Å². The van der Waals surface area contributed by atoms with Crippen LogP contribution in [0.15, 0.2) is 35.2 Å². The first-order valence-electron chi connectivity index (χ1n) is 9.83. The number of rotatable bonds is 10. The van der Waals surface area contributed by atoms with Crippen LogP contribution < -0.4 is 25.1 Å². The predicted molar refractivity (Wildman–Crippen MR) is 125 cm³/mol. The van der Waals surface area contributed by atoms with E-state index >= 15 is 0 Å². The lowest BCUT2D eigenvalue weighted by Gasteiger charge is -2.16. The lowest BCUT2D eigenvalue weighted by molar-refractivity contribution is 0.241. The van der Waals surface area contributed by atoms with Crippen LogP contribution in [0.4, 0.5) is 10.5 Å². The number of hydrazine groups is 1. The maximum Gasteiger partial charge on any atom is 0.333 e. The SMILES string of the molecule is Cc1ccc(OCCCNC(=O)NNc2cc(C)c(OS(C)=O)cc2S(C)(=O)=O)c(C)c1. The first-order valence-corrected chi connectivity index (χ1v) is 13.2. The number of anilines is 1. The van der Waals surface area contributed by atoms with Crippen molar-refractivity contribution in [3.63, 3.8) is 0 Å². The van der Waals surface area contributed by atoms with Gasteiger partial charge in [0.25, 0.3) is 0 Å². The van der Waals surface area contributed by atoms with Gasteiger partial charge in [0, 0.05) is 25.1 Å². The summed E-state index contributed by atoms with van der Waals surface area (Å²) in [7, 11) is -3.64. The molecule has 1 unspecified atom stereocenters. The van der Waals surface area contributed by atoms with Gasteiger partial charge in [-0.2, -0.15) is 0 Å². The molecule has 3 N–H and O–H groups in total. The summed E-state index contributed by atoms with van der Waals surface area (Å²) in [5.74, 6) is 0.995. The Bertz CT molecular complexity index is 1100. The highest BCUT2D eigenvalue weighted by atomic mass is 32.2. The number of sulfone groups is 1. The van der Waals surface area contributed by atoms with Crippen molar-refractivity contribution in [3.8, 4) is 11.5 Å². The van der Waals surface area contributed by atoms with Gasteiger partial charge in [-0.05, 0) is 50.5 Å². The van der Waals surface area contributed by atoms with Crippen molar-refractivity contribution in [1.82, 2.24) is 10.7 Å². The molecule has 0 bridgehead atoms. The van der Waals surface area contributed by atoms with E-state index in [2.05, 4.69) is 16.2 Å². The summed E-state index contributed by atoms with van der Waals surface area (Å²) in [6.07, 6.45) is 2.96. The van der Waals surface area contributed by atoms with Crippen molar-refractivity contribution < 1.29 is 26.3 Å². The average molecular weight is 484 g/mol. The Morgan fingerprint density at radius 3 is 2.38 bits per heavy atom. The Hall–Kier alpha value is -2.79. The fourth-order valence-corrected chi connectivity index (χ4v) is 4.14. The van der Waals surface area contributed by atoms with Crippen LogP contribution in [0.1, 0.15) is 23.1 Å². The van der Waals surface area contributed by atoms with Crippen molar-refractivity contribution >= 4 is 32.6 Å². The van der Waals surface area contributed by atoms with E-state index < -0.39 is 26.9 Å². The smallest absolute Gasteiger partial charge is 0.333 e. The molecule has 0 aliphatic carbocycles. The lowest BCUT2D eigenvalue weighted by Crippen LogP contribution is -2.40. The summed E-state index contributed by atoms with van der Waals surface area (Å²) >= 11 is -1.61. The fourth-order valence-electron chi connectivity index (χ4n) is 2.88. The molecule has 0 aliphatic rings. The minimum atomic E-state index is -3.64. The molecule has 0 saturated carbocycles. The number of hydrogen-bond acceptors (Lipinski definition) is 7. The van der Waals surface area contributed by atoms with Gasteiger partial charge in [-0.25, -0.2) is 17.4 Å². The monoisotopic (exact) mass is 483 g/mol. The molecule has 2 aromatic rings. The highest BCUT2D eigenvalue weighted by Crippen LogP contribution is 2.30. The molecule has 0 radical (unpaired) electrons. The largest absolute Gasteiger partial charge is 0.493 e. The summed E-state index contributed by atoms with van der Waals surface area (Å²) < 4.78 is 46.5.